The van der Waals surface area contributed by atoms with Gasteiger partial charge in [0.15, 0.2) is 0 Å². The van der Waals surface area contributed by atoms with Gasteiger partial charge in [-0.2, -0.15) is 0 Å². The van der Waals surface area contributed by atoms with E-state index in [1.54, 1.807) is 0 Å². The second-order valence-corrected chi connectivity index (χ2v) is 7.61. The van der Waals surface area contributed by atoms with E-state index in [1.165, 1.54) is 0 Å². The van der Waals surface area contributed by atoms with Gasteiger partial charge in [0.1, 0.15) is 0 Å². The summed E-state index contributed by atoms with van der Waals surface area (Å²) < 4.78 is 0.899. The molecule has 1 aliphatic rings. The molecule has 0 aromatic heterocycles. The Morgan fingerprint density at radius 1 is 1.52 bits per heavy atom. The van der Waals surface area contributed by atoms with E-state index in [-0.39, 0.29) is 5.92 Å². The zero-order valence-corrected chi connectivity index (χ0v) is 14.7. The third kappa shape index (κ3) is 3.99. The molecule has 3 nitrogen and oxygen atoms in total. The third-order valence-corrected chi connectivity index (χ3v) is 5.70. The van der Waals surface area contributed by atoms with Crippen molar-refractivity contribution in [3.63, 3.8) is 0 Å². The van der Waals surface area contributed by atoms with E-state index in [0.29, 0.717) is 5.02 Å². The van der Waals surface area contributed by atoms with Gasteiger partial charge in [-0.25, -0.2) is 0 Å². The first-order valence-electron chi connectivity index (χ1n) is 7.20. The number of rotatable bonds is 4. The summed E-state index contributed by atoms with van der Waals surface area (Å²) in [7, 11) is 0. The molecule has 116 valence electrons. The molecule has 1 N–H and O–H groups in total. The van der Waals surface area contributed by atoms with Crippen LogP contribution in [0.3, 0.4) is 0 Å². The molecule has 2 rings (SSSR count). The lowest BCUT2D eigenvalue weighted by Crippen LogP contribution is -2.44. The highest BCUT2D eigenvalue weighted by atomic mass is 79.9. The first kappa shape index (κ1) is 16.8. The van der Waals surface area contributed by atoms with Crippen LogP contribution in [0.4, 0.5) is 0 Å². The molecule has 1 aromatic carbocycles. The highest BCUT2D eigenvalue weighted by molar-refractivity contribution is 9.10. The van der Waals surface area contributed by atoms with E-state index in [9.17, 15) is 9.90 Å². The van der Waals surface area contributed by atoms with Gasteiger partial charge in [-0.3, -0.25) is 9.69 Å². The van der Waals surface area contributed by atoms with Crippen LogP contribution in [0.1, 0.15) is 32.3 Å². The molecule has 0 saturated carbocycles. The van der Waals surface area contributed by atoms with Crippen LogP contribution in [-0.4, -0.2) is 29.1 Å². The summed E-state index contributed by atoms with van der Waals surface area (Å²) in [6.45, 7) is 6.33. The monoisotopic (exact) mass is 373 g/mol. The van der Waals surface area contributed by atoms with E-state index >= 15 is 0 Å². The molecule has 21 heavy (non-hydrogen) atoms. The molecular weight excluding hydrogens is 354 g/mol. The fraction of sp³-hybridized carbons (Fsp3) is 0.562. The molecule has 0 amide bonds. The highest BCUT2D eigenvalue weighted by Gasteiger charge is 2.38. The van der Waals surface area contributed by atoms with Crippen molar-refractivity contribution in [2.45, 2.75) is 33.2 Å². The minimum Gasteiger partial charge on any atom is -0.481 e. The van der Waals surface area contributed by atoms with Crippen molar-refractivity contribution in [3.8, 4) is 0 Å². The van der Waals surface area contributed by atoms with Crippen LogP contribution in [0.15, 0.2) is 22.7 Å². The molecule has 0 spiro atoms. The molecule has 0 bridgehead atoms. The zero-order valence-electron chi connectivity index (χ0n) is 12.4. The number of halogens is 2. The van der Waals surface area contributed by atoms with Crippen LogP contribution in [0.2, 0.25) is 5.02 Å². The van der Waals surface area contributed by atoms with Crippen molar-refractivity contribution in [1.29, 1.82) is 0 Å². The summed E-state index contributed by atoms with van der Waals surface area (Å²) in [5.41, 5.74) is 0.493. The number of hydrogen-bond acceptors (Lipinski definition) is 2. The van der Waals surface area contributed by atoms with Crippen molar-refractivity contribution in [2.24, 2.45) is 11.3 Å². The predicted octanol–water partition coefficient (Wildman–Crippen LogP) is 4.43. The van der Waals surface area contributed by atoms with Gasteiger partial charge in [0.2, 0.25) is 0 Å². The number of aliphatic carboxylic acids is 1. The topological polar surface area (TPSA) is 40.5 Å². The summed E-state index contributed by atoms with van der Waals surface area (Å²) in [6.07, 6.45) is 2.03. The number of carboxylic acid groups (broad SMARTS) is 1. The van der Waals surface area contributed by atoms with E-state index in [0.717, 1.165) is 42.5 Å². The average Bonchev–Trinajstić information content (AvgIpc) is 2.43. The Balaban J connectivity index is 2.04. The number of carboxylic acids is 1. The van der Waals surface area contributed by atoms with E-state index < -0.39 is 11.4 Å². The first-order chi connectivity index (χ1) is 9.80. The van der Waals surface area contributed by atoms with Crippen LogP contribution >= 0.6 is 27.5 Å². The Hall–Kier alpha value is -0.580. The van der Waals surface area contributed by atoms with Gasteiger partial charge >= 0.3 is 5.97 Å². The maximum absolute atomic E-state index is 11.4. The van der Waals surface area contributed by atoms with Crippen molar-refractivity contribution >= 4 is 33.5 Å². The van der Waals surface area contributed by atoms with Crippen molar-refractivity contribution < 1.29 is 9.90 Å². The third-order valence-electron chi connectivity index (χ3n) is 4.47. The van der Waals surface area contributed by atoms with Gasteiger partial charge in [-0.05, 0) is 72.8 Å². The molecule has 0 radical (unpaired) electrons. The second-order valence-electron chi connectivity index (χ2n) is 6.35. The predicted molar refractivity (Wildman–Crippen MR) is 88.6 cm³/mol. The molecular formula is C16H21BrClNO2. The maximum Gasteiger partial charge on any atom is 0.309 e. The van der Waals surface area contributed by atoms with Gasteiger partial charge < -0.3 is 5.11 Å². The van der Waals surface area contributed by atoms with Crippen LogP contribution in [-0.2, 0) is 11.3 Å². The number of benzene rings is 1. The summed E-state index contributed by atoms with van der Waals surface area (Å²) in [4.78, 5) is 13.8. The Kier molecular flexibility index (Phi) is 5.33. The highest BCUT2D eigenvalue weighted by Crippen LogP contribution is 2.35. The van der Waals surface area contributed by atoms with E-state index in [1.807, 2.05) is 26.0 Å². The fourth-order valence-corrected chi connectivity index (χ4v) is 3.31. The summed E-state index contributed by atoms with van der Waals surface area (Å²) in [5, 5.41) is 10.1. The minimum absolute atomic E-state index is 0.190. The SMILES string of the molecule is CC(C)(C(=O)O)C1CCCN(Cc2ccc(Br)c(Cl)c2)C1. The molecule has 1 heterocycles. The van der Waals surface area contributed by atoms with Gasteiger partial charge in [0.25, 0.3) is 0 Å². The molecule has 1 fully saturated rings. The number of nitrogens with zero attached hydrogens (tertiary/aromatic N) is 1. The lowest BCUT2D eigenvalue weighted by Gasteiger charge is -2.39. The molecule has 1 unspecified atom stereocenters. The van der Waals surface area contributed by atoms with E-state index in [2.05, 4.69) is 26.9 Å². The smallest absolute Gasteiger partial charge is 0.309 e. The quantitative estimate of drug-likeness (QED) is 0.848. The number of piperidine rings is 1. The Morgan fingerprint density at radius 2 is 2.24 bits per heavy atom. The first-order valence-corrected chi connectivity index (χ1v) is 8.37. The Labute approximate surface area is 139 Å². The van der Waals surface area contributed by atoms with Crippen molar-refractivity contribution in [2.75, 3.05) is 13.1 Å². The average molecular weight is 375 g/mol. The largest absolute Gasteiger partial charge is 0.481 e. The van der Waals surface area contributed by atoms with Crippen LogP contribution < -0.4 is 0 Å². The number of hydrogen-bond donors (Lipinski definition) is 1. The summed E-state index contributed by atoms with van der Waals surface area (Å²) in [6, 6.07) is 5.99. The number of carbonyl (C=O) groups is 1. The Morgan fingerprint density at radius 3 is 2.86 bits per heavy atom. The van der Waals surface area contributed by atoms with E-state index in [4.69, 9.17) is 11.6 Å². The van der Waals surface area contributed by atoms with Crippen molar-refractivity contribution in [1.82, 2.24) is 4.90 Å². The Bertz CT molecular complexity index is 533. The molecule has 1 aromatic rings. The second kappa shape index (κ2) is 6.67. The fourth-order valence-electron chi connectivity index (χ4n) is 2.86. The van der Waals surface area contributed by atoms with Crippen LogP contribution in [0.25, 0.3) is 0 Å². The van der Waals surface area contributed by atoms with Gasteiger partial charge in [0, 0.05) is 17.6 Å². The molecule has 0 aliphatic carbocycles. The van der Waals surface area contributed by atoms with Gasteiger partial charge in [0.05, 0.1) is 10.4 Å². The van der Waals surface area contributed by atoms with Gasteiger partial charge in [-0.1, -0.05) is 17.7 Å². The lowest BCUT2D eigenvalue weighted by atomic mass is 9.74. The van der Waals surface area contributed by atoms with Crippen LogP contribution in [0, 0.1) is 11.3 Å². The molecule has 1 atom stereocenters. The molecule has 1 aliphatic heterocycles. The summed E-state index contributed by atoms with van der Waals surface area (Å²) in [5.74, 6) is -0.518. The molecule has 5 heteroatoms. The van der Waals surface area contributed by atoms with Crippen LogP contribution in [0.5, 0.6) is 0 Å². The summed E-state index contributed by atoms with van der Waals surface area (Å²) >= 11 is 9.53. The lowest BCUT2D eigenvalue weighted by molar-refractivity contribution is -0.151. The normalized spacial score (nSPS) is 20.5. The minimum atomic E-state index is -0.707. The zero-order chi connectivity index (χ0) is 15.6. The van der Waals surface area contributed by atoms with Gasteiger partial charge in [-0.15, -0.1) is 0 Å². The number of likely N-dealkylation sites (tertiary alicyclic amines) is 1. The standard InChI is InChI=1S/C16H21BrClNO2/c1-16(2,15(20)21)12-4-3-7-19(10-12)9-11-5-6-13(17)14(18)8-11/h5-6,8,12H,3-4,7,9-10H2,1-2H3,(H,20,21). The maximum atomic E-state index is 11.4. The van der Waals surface area contributed by atoms with Crippen molar-refractivity contribution in [3.05, 3.63) is 33.3 Å². The molecule has 1 saturated heterocycles.